The first kappa shape index (κ1) is 15.7. The van der Waals surface area contributed by atoms with E-state index in [-0.39, 0.29) is 11.8 Å². The van der Waals surface area contributed by atoms with E-state index in [0.717, 1.165) is 54.8 Å². The van der Waals surface area contributed by atoms with Crippen molar-refractivity contribution in [1.82, 2.24) is 15.2 Å². The summed E-state index contributed by atoms with van der Waals surface area (Å²) in [6, 6.07) is 4.45. The van der Waals surface area contributed by atoms with E-state index in [4.69, 9.17) is 0 Å². The maximum Gasteiger partial charge on any atom is 0.234 e. The molecular formula is C21H24N4O. The van der Waals surface area contributed by atoms with E-state index < -0.39 is 0 Å². The number of rotatable bonds is 2. The lowest BCUT2D eigenvalue weighted by Gasteiger charge is -2.15. The van der Waals surface area contributed by atoms with Crippen LogP contribution in [0, 0.1) is 6.92 Å². The Labute approximate surface area is 152 Å². The Kier molecular flexibility index (Phi) is 3.30. The van der Waals surface area contributed by atoms with Crippen molar-refractivity contribution in [1.29, 1.82) is 0 Å². The fraction of sp³-hybridized carbons (Fsp3) is 0.429. The first-order valence-corrected chi connectivity index (χ1v) is 9.68. The molecule has 0 radical (unpaired) electrons. The molecule has 3 aromatic rings. The maximum atomic E-state index is 12.7. The number of aromatic amines is 2. The third-order valence-corrected chi connectivity index (χ3v) is 6.17. The molecule has 1 aromatic carbocycles. The monoisotopic (exact) mass is 348 g/mol. The molecule has 1 aliphatic carbocycles. The SMILES string of the molecule is CCC1C(=O)N(CC)c2cc3c4c([nH]c3cc21)-c1n[nH]c(C)c1CCC4. The Morgan fingerprint density at radius 1 is 1.23 bits per heavy atom. The number of fused-ring (bicyclic) bond motifs is 6. The first-order valence-electron chi connectivity index (χ1n) is 9.68. The van der Waals surface area contributed by atoms with Crippen LogP contribution in [0.5, 0.6) is 0 Å². The number of aryl methyl sites for hydroxylation is 2. The number of nitrogens with zero attached hydrogens (tertiary/aromatic N) is 2. The fourth-order valence-corrected chi connectivity index (χ4v) is 4.85. The van der Waals surface area contributed by atoms with Crippen LogP contribution >= 0.6 is 0 Å². The summed E-state index contributed by atoms with van der Waals surface area (Å²) in [5.41, 5.74) is 9.47. The normalized spacial score (nSPS) is 18.8. The summed E-state index contributed by atoms with van der Waals surface area (Å²) in [6.45, 7) is 6.98. The lowest BCUT2D eigenvalue weighted by atomic mass is 9.96. The number of hydrogen-bond acceptors (Lipinski definition) is 2. The van der Waals surface area contributed by atoms with Crippen molar-refractivity contribution in [3.63, 3.8) is 0 Å². The van der Waals surface area contributed by atoms with E-state index in [2.05, 4.69) is 48.1 Å². The van der Waals surface area contributed by atoms with Crippen LogP contribution in [0.2, 0.25) is 0 Å². The minimum atomic E-state index is -0.0133. The van der Waals surface area contributed by atoms with Crippen LogP contribution in [0.4, 0.5) is 5.69 Å². The number of nitrogens with one attached hydrogen (secondary N) is 2. The van der Waals surface area contributed by atoms with Gasteiger partial charge in [-0.15, -0.1) is 0 Å². The molecule has 1 atom stereocenters. The zero-order chi connectivity index (χ0) is 18.0. The van der Waals surface area contributed by atoms with Gasteiger partial charge in [0.2, 0.25) is 5.91 Å². The number of H-pyrrole nitrogens is 2. The van der Waals surface area contributed by atoms with Gasteiger partial charge in [-0.25, -0.2) is 0 Å². The summed E-state index contributed by atoms with van der Waals surface area (Å²) in [5.74, 6) is 0.231. The molecule has 26 heavy (non-hydrogen) atoms. The van der Waals surface area contributed by atoms with Gasteiger partial charge in [-0.05, 0) is 62.8 Å². The highest BCUT2D eigenvalue weighted by molar-refractivity contribution is 6.08. The molecule has 0 spiro atoms. The highest BCUT2D eigenvalue weighted by Crippen LogP contribution is 2.44. The van der Waals surface area contributed by atoms with Gasteiger partial charge in [0.05, 0.1) is 11.6 Å². The van der Waals surface area contributed by atoms with Crippen LogP contribution in [0.1, 0.15) is 55.0 Å². The van der Waals surface area contributed by atoms with E-state index in [1.807, 2.05) is 4.90 Å². The number of carbonyl (C=O) groups is 1. The van der Waals surface area contributed by atoms with Crippen LogP contribution in [0.15, 0.2) is 12.1 Å². The Morgan fingerprint density at radius 3 is 2.81 bits per heavy atom. The largest absolute Gasteiger partial charge is 0.353 e. The first-order chi connectivity index (χ1) is 12.6. The van der Waals surface area contributed by atoms with Crippen molar-refractivity contribution >= 4 is 22.5 Å². The average Bonchev–Trinajstić information content (AvgIpc) is 3.20. The van der Waals surface area contributed by atoms with Crippen molar-refractivity contribution in [3.05, 3.63) is 34.5 Å². The van der Waals surface area contributed by atoms with Crippen LogP contribution in [0.3, 0.4) is 0 Å². The van der Waals surface area contributed by atoms with Crippen molar-refractivity contribution in [2.45, 2.75) is 52.4 Å². The molecule has 1 amide bonds. The number of aromatic nitrogens is 3. The summed E-state index contributed by atoms with van der Waals surface area (Å²) in [7, 11) is 0. The molecule has 5 rings (SSSR count). The second kappa shape index (κ2) is 5.47. The minimum Gasteiger partial charge on any atom is -0.353 e. The van der Waals surface area contributed by atoms with Gasteiger partial charge in [-0.1, -0.05) is 6.92 Å². The molecule has 5 heteroatoms. The highest BCUT2D eigenvalue weighted by Gasteiger charge is 2.36. The number of carbonyl (C=O) groups excluding carboxylic acids is 1. The van der Waals surface area contributed by atoms with E-state index in [9.17, 15) is 4.79 Å². The molecule has 2 N–H and O–H groups in total. The van der Waals surface area contributed by atoms with E-state index in [0.29, 0.717) is 0 Å². The van der Waals surface area contributed by atoms with Crippen molar-refractivity contribution in [2.24, 2.45) is 0 Å². The molecule has 1 unspecified atom stereocenters. The predicted molar refractivity (Wildman–Crippen MR) is 104 cm³/mol. The Morgan fingerprint density at radius 2 is 2.04 bits per heavy atom. The number of benzene rings is 1. The summed E-state index contributed by atoms with van der Waals surface area (Å²) in [5, 5.41) is 8.98. The molecule has 3 heterocycles. The van der Waals surface area contributed by atoms with E-state index >= 15 is 0 Å². The summed E-state index contributed by atoms with van der Waals surface area (Å²) < 4.78 is 0. The number of hydrogen-bond donors (Lipinski definition) is 2. The number of likely N-dealkylation sites (N-methyl/N-ethyl adjacent to an activating group) is 1. The van der Waals surface area contributed by atoms with Crippen LogP contribution < -0.4 is 4.90 Å². The van der Waals surface area contributed by atoms with Crippen molar-refractivity contribution < 1.29 is 4.79 Å². The zero-order valence-electron chi connectivity index (χ0n) is 15.6. The van der Waals surface area contributed by atoms with Gasteiger partial charge in [-0.2, -0.15) is 5.10 Å². The summed E-state index contributed by atoms with van der Waals surface area (Å²) >= 11 is 0. The van der Waals surface area contributed by atoms with Gasteiger partial charge in [0.25, 0.3) is 0 Å². The zero-order valence-corrected chi connectivity index (χ0v) is 15.6. The van der Waals surface area contributed by atoms with Crippen molar-refractivity contribution in [3.8, 4) is 11.4 Å². The average molecular weight is 348 g/mol. The molecule has 2 aromatic heterocycles. The third kappa shape index (κ3) is 1.91. The summed E-state index contributed by atoms with van der Waals surface area (Å²) in [6.07, 6.45) is 4.07. The van der Waals surface area contributed by atoms with Gasteiger partial charge in [0, 0.05) is 34.4 Å². The topological polar surface area (TPSA) is 64.8 Å². The highest BCUT2D eigenvalue weighted by atomic mass is 16.2. The van der Waals surface area contributed by atoms with Gasteiger partial charge in [0.1, 0.15) is 5.69 Å². The lowest BCUT2D eigenvalue weighted by molar-refractivity contribution is -0.119. The van der Waals surface area contributed by atoms with Gasteiger partial charge < -0.3 is 9.88 Å². The predicted octanol–water partition coefficient (Wildman–Crippen LogP) is 4.22. The Hall–Kier alpha value is -2.56. The Bertz CT molecular complexity index is 1040. The summed E-state index contributed by atoms with van der Waals surface area (Å²) in [4.78, 5) is 18.3. The van der Waals surface area contributed by atoms with E-state index in [1.54, 1.807) is 0 Å². The smallest absolute Gasteiger partial charge is 0.234 e. The van der Waals surface area contributed by atoms with Gasteiger partial charge in [0.15, 0.2) is 0 Å². The molecule has 5 nitrogen and oxygen atoms in total. The fourth-order valence-electron chi connectivity index (χ4n) is 4.85. The lowest BCUT2D eigenvalue weighted by Crippen LogP contribution is -2.28. The quantitative estimate of drug-likeness (QED) is 0.728. The molecule has 134 valence electrons. The second-order valence-electron chi connectivity index (χ2n) is 7.51. The molecule has 1 aliphatic heterocycles. The standard InChI is InChI=1S/C21H24N4O/c1-4-12-16-9-17-15(10-18(16)25(5-2)21(12)26)14-8-6-7-13-11(3)23-24-20(13)19(14)22-17/h9-10,12,22H,4-8H2,1-3H3,(H,23,24). The third-order valence-electron chi connectivity index (χ3n) is 6.17. The van der Waals surface area contributed by atoms with Crippen LogP contribution in [-0.4, -0.2) is 27.6 Å². The second-order valence-corrected chi connectivity index (χ2v) is 7.51. The minimum absolute atomic E-state index is 0.0133. The molecule has 0 saturated heterocycles. The molecule has 2 aliphatic rings. The van der Waals surface area contributed by atoms with Crippen molar-refractivity contribution in [2.75, 3.05) is 11.4 Å². The van der Waals surface area contributed by atoms with E-state index in [1.165, 1.54) is 27.8 Å². The van der Waals surface area contributed by atoms with Crippen LogP contribution in [0.25, 0.3) is 22.3 Å². The molecule has 0 fully saturated rings. The maximum absolute atomic E-state index is 12.7. The van der Waals surface area contributed by atoms with Gasteiger partial charge >= 0.3 is 0 Å². The van der Waals surface area contributed by atoms with Crippen LogP contribution in [-0.2, 0) is 17.6 Å². The molecule has 0 saturated carbocycles. The number of amides is 1. The number of anilines is 1. The van der Waals surface area contributed by atoms with Gasteiger partial charge in [-0.3, -0.25) is 9.89 Å². The molecular weight excluding hydrogens is 324 g/mol. The Balaban J connectivity index is 1.77. The molecule has 0 bridgehead atoms.